The van der Waals surface area contributed by atoms with Gasteiger partial charge in [0.15, 0.2) is 5.82 Å². The molecule has 1 fully saturated rings. The van der Waals surface area contributed by atoms with Crippen molar-refractivity contribution in [2.75, 3.05) is 12.0 Å². The van der Waals surface area contributed by atoms with E-state index < -0.39 is 5.91 Å². The van der Waals surface area contributed by atoms with E-state index in [1.165, 1.54) is 11.3 Å². The number of anilines is 1. The second-order valence-corrected chi connectivity index (χ2v) is 4.40. The van der Waals surface area contributed by atoms with Crippen LogP contribution in [0.5, 0.6) is 0 Å². The molecule has 1 saturated heterocycles. The molecule has 10 heteroatoms. The van der Waals surface area contributed by atoms with Gasteiger partial charge < -0.3 is 15.8 Å². The Balaban J connectivity index is 0.000000545. The number of nitrogens with one attached hydrogen (secondary N) is 2. The summed E-state index contributed by atoms with van der Waals surface area (Å²) in [5.74, 6) is -0.0670. The van der Waals surface area contributed by atoms with Gasteiger partial charge in [0.2, 0.25) is 5.91 Å². The first-order valence-electron chi connectivity index (χ1n) is 6.35. The molecule has 0 radical (unpaired) electrons. The van der Waals surface area contributed by atoms with Crippen molar-refractivity contribution in [2.24, 2.45) is 5.73 Å². The molecule has 22 heavy (non-hydrogen) atoms. The van der Waals surface area contributed by atoms with Crippen molar-refractivity contribution in [1.29, 1.82) is 0 Å². The highest BCUT2D eigenvalue weighted by Crippen LogP contribution is 2.22. The Morgan fingerprint density at radius 1 is 1.50 bits per heavy atom. The van der Waals surface area contributed by atoms with Crippen LogP contribution in [0.2, 0.25) is 0 Å². The normalized spacial score (nSPS) is 13.6. The lowest BCUT2D eigenvalue weighted by molar-refractivity contribution is -0.126. The molecule has 0 aliphatic carbocycles. The Morgan fingerprint density at radius 2 is 2.23 bits per heavy atom. The summed E-state index contributed by atoms with van der Waals surface area (Å²) in [7, 11) is 0. The molecule has 3 rings (SSSR count). The molecular weight excluding hydrogens is 292 g/mol. The van der Waals surface area contributed by atoms with Crippen LogP contribution in [0, 0.1) is 0 Å². The molecule has 0 saturated carbocycles. The van der Waals surface area contributed by atoms with E-state index in [4.69, 9.17) is 15.6 Å². The zero-order chi connectivity index (χ0) is 16.1. The fourth-order valence-electron chi connectivity index (χ4n) is 2.06. The summed E-state index contributed by atoms with van der Waals surface area (Å²) in [5.41, 5.74) is 8.91. The molecule has 1 aliphatic heterocycles. The van der Waals surface area contributed by atoms with Gasteiger partial charge in [-0.05, 0) is 12.5 Å². The van der Waals surface area contributed by atoms with Crippen LogP contribution in [0.4, 0.5) is 5.82 Å². The highest BCUT2D eigenvalue weighted by molar-refractivity contribution is 5.99. The molecule has 0 bridgehead atoms. The number of hydrogen-bond acceptors (Lipinski definition) is 6. The summed E-state index contributed by atoms with van der Waals surface area (Å²) >= 11 is 0. The van der Waals surface area contributed by atoms with Gasteiger partial charge in [-0.3, -0.25) is 24.8 Å². The first kappa shape index (κ1) is 15.2. The molecule has 0 unspecified atom stereocenters. The third-order valence-electron chi connectivity index (χ3n) is 3.01. The Labute approximate surface area is 124 Å². The largest absolute Gasteiger partial charge is 0.483 e. The SMILES string of the molecule is NC(=O)c1cc2c(NN3CCCC3=O)ncnc2[nH]1.O=CO. The number of rotatable bonds is 3. The Kier molecular flexibility index (Phi) is 4.51. The number of hydrogen-bond donors (Lipinski definition) is 4. The molecule has 2 aromatic rings. The van der Waals surface area contributed by atoms with Gasteiger partial charge >= 0.3 is 0 Å². The molecule has 1 aliphatic rings. The van der Waals surface area contributed by atoms with E-state index in [9.17, 15) is 9.59 Å². The van der Waals surface area contributed by atoms with E-state index in [-0.39, 0.29) is 18.1 Å². The number of aromatic amines is 1. The number of carbonyl (C=O) groups is 3. The van der Waals surface area contributed by atoms with Gasteiger partial charge in [-0.1, -0.05) is 0 Å². The van der Waals surface area contributed by atoms with E-state index in [1.54, 1.807) is 6.07 Å². The maximum atomic E-state index is 11.6. The van der Waals surface area contributed by atoms with E-state index >= 15 is 0 Å². The number of amides is 2. The van der Waals surface area contributed by atoms with Crippen molar-refractivity contribution >= 4 is 35.1 Å². The maximum Gasteiger partial charge on any atom is 0.290 e. The van der Waals surface area contributed by atoms with Gasteiger partial charge in [-0.2, -0.15) is 0 Å². The van der Waals surface area contributed by atoms with Crippen LogP contribution < -0.4 is 11.2 Å². The van der Waals surface area contributed by atoms with Crippen molar-refractivity contribution in [1.82, 2.24) is 20.0 Å². The number of carboxylic acid groups (broad SMARTS) is 1. The quantitative estimate of drug-likeness (QED) is 0.568. The lowest BCUT2D eigenvalue weighted by Gasteiger charge is -2.17. The van der Waals surface area contributed by atoms with E-state index in [2.05, 4.69) is 20.4 Å². The van der Waals surface area contributed by atoms with Crippen molar-refractivity contribution in [2.45, 2.75) is 12.8 Å². The summed E-state index contributed by atoms with van der Waals surface area (Å²) in [6, 6.07) is 1.57. The lowest BCUT2D eigenvalue weighted by atomic mass is 10.3. The standard InChI is InChI=1S/C11H12N6O2.CH2O2/c12-9(19)7-4-6-10(15-7)13-5-14-11(6)16-17-3-1-2-8(17)18;2-1-3/h4-5H,1-3H2,(H2,12,19)(H2,13,14,15,16);1H,(H,2,3). The highest BCUT2D eigenvalue weighted by Gasteiger charge is 2.21. The number of nitrogens with two attached hydrogens (primary N) is 1. The van der Waals surface area contributed by atoms with E-state index in [0.717, 1.165) is 6.42 Å². The maximum absolute atomic E-state index is 11.6. The first-order valence-corrected chi connectivity index (χ1v) is 6.35. The zero-order valence-corrected chi connectivity index (χ0v) is 11.4. The number of carbonyl (C=O) groups excluding carboxylic acids is 2. The van der Waals surface area contributed by atoms with Crippen LogP contribution in [0.3, 0.4) is 0 Å². The Hall–Kier alpha value is -3.17. The third-order valence-corrected chi connectivity index (χ3v) is 3.01. The van der Waals surface area contributed by atoms with Gasteiger partial charge in [0, 0.05) is 13.0 Å². The molecular formula is C12H14N6O4. The molecule has 0 aromatic carbocycles. The number of H-pyrrole nitrogens is 1. The third kappa shape index (κ3) is 3.11. The van der Waals surface area contributed by atoms with Crippen LogP contribution in [0.1, 0.15) is 23.3 Å². The summed E-state index contributed by atoms with van der Waals surface area (Å²) < 4.78 is 0. The van der Waals surface area contributed by atoms with Crippen LogP contribution >= 0.6 is 0 Å². The van der Waals surface area contributed by atoms with Crippen molar-refractivity contribution in [3.8, 4) is 0 Å². The first-order chi connectivity index (χ1) is 10.6. The van der Waals surface area contributed by atoms with Crippen LogP contribution in [-0.2, 0) is 9.59 Å². The summed E-state index contributed by atoms with van der Waals surface area (Å²) in [6.45, 7) is 0.386. The van der Waals surface area contributed by atoms with E-state index in [1.807, 2.05) is 0 Å². The van der Waals surface area contributed by atoms with Gasteiger partial charge in [-0.25, -0.2) is 9.97 Å². The number of primary amides is 1. The van der Waals surface area contributed by atoms with E-state index in [0.29, 0.717) is 29.8 Å². The molecule has 2 aromatic heterocycles. The van der Waals surface area contributed by atoms with Crippen LogP contribution in [-0.4, -0.2) is 49.9 Å². The van der Waals surface area contributed by atoms with Gasteiger partial charge in [0.05, 0.1) is 5.39 Å². The predicted octanol–water partition coefficient (Wildman–Crippen LogP) is -0.293. The second kappa shape index (κ2) is 6.52. The molecule has 3 heterocycles. The van der Waals surface area contributed by atoms with Crippen LogP contribution in [0.15, 0.2) is 12.4 Å². The van der Waals surface area contributed by atoms with Gasteiger partial charge in [0.25, 0.3) is 12.4 Å². The highest BCUT2D eigenvalue weighted by atomic mass is 16.3. The molecule has 0 spiro atoms. The summed E-state index contributed by atoms with van der Waals surface area (Å²) in [4.78, 5) is 42.0. The second-order valence-electron chi connectivity index (χ2n) is 4.40. The fraction of sp³-hybridized carbons (Fsp3) is 0.250. The summed E-state index contributed by atoms with van der Waals surface area (Å²) in [5, 5.41) is 9.02. The molecule has 0 atom stereocenters. The van der Waals surface area contributed by atoms with Crippen molar-refractivity contribution in [3.63, 3.8) is 0 Å². The fourth-order valence-corrected chi connectivity index (χ4v) is 2.06. The topological polar surface area (TPSA) is 154 Å². The predicted molar refractivity (Wildman–Crippen MR) is 75.7 cm³/mol. The monoisotopic (exact) mass is 306 g/mol. The smallest absolute Gasteiger partial charge is 0.290 e. The Bertz CT molecular complexity index is 713. The Morgan fingerprint density at radius 3 is 2.82 bits per heavy atom. The van der Waals surface area contributed by atoms with Gasteiger partial charge in [0.1, 0.15) is 17.7 Å². The lowest BCUT2D eigenvalue weighted by Crippen LogP contribution is -2.31. The minimum Gasteiger partial charge on any atom is -0.483 e. The molecule has 5 N–H and O–H groups in total. The number of fused-ring (bicyclic) bond motifs is 1. The minimum absolute atomic E-state index is 0.0254. The minimum atomic E-state index is -0.568. The van der Waals surface area contributed by atoms with Gasteiger partial charge in [-0.15, -0.1) is 0 Å². The number of aromatic nitrogens is 3. The van der Waals surface area contributed by atoms with Crippen LogP contribution in [0.25, 0.3) is 11.0 Å². The number of nitrogens with zero attached hydrogens (tertiary/aromatic N) is 3. The average Bonchev–Trinajstić information content (AvgIpc) is 3.07. The zero-order valence-electron chi connectivity index (χ0n) is 11.4. The molecule has 10 nitrogen and oxygen atoms in total. The molecule has 116 valence electrons. The van der Waals surface area contributed by atoms with Crippen molar-refractivity contribution in [3.05, 3.63) is 18.1 Å². The number of hydrazine groups is 1. The van der Waals surface area contributed by atoms with Crippen molar-refractivity contribution < 1.29 is 19.5 Å². The molecule has 2 amide bonds. The average molecular weight is 306 g/mol. The summed E-state index contributed by atoms with van der Waals surface area (Å²) in [6.07, 6.45) is 2.70.